The van der Waals surface area contributed by atoms with E-state index in [4.69, 9.17) is 19.9 Å². The van der Waals surface area contributed by atoms with E-state index in [0.717, 1.165) is 6.42 Å². The number of methoxy groups -OCH3 is 2. The fourth-order valence-corrected chi connectivity index (χ4v) is 1.78. The summed E-state index contributed by atoms with van der Waals surface area (Å²) >= 11 is 0. The van der Waals surface area contributed by atoms with E-state index < -0.39 is 6.04 Å². The zero-order chi connectivity index (χ0) is 15.7. The molecule has 0 aliphatic heterocycles. The van der Waals surface area contributed by atoms with Crippen LogP contribution in [0.1, 0.15) is 19.8 Å². The van der Waals surface area contributed by atoms with Gasteiger partial charge in [-0.1, -0.05) is 13.3 Å². The van der Waals surface area contributed by atoms with E-state index in [2.05, 4.69) is 5.32 Å². The van der Waals surface area contributed by atoms with E-state index in [1.165, 1.54) is 0 Å². The van der Waals surface area contributed by atoms with Crippen LogP contribution in [0.3, 0.4) is 0 Å². The number of benzene rings is 1. The number of hydrogen-bond acceptors (Lipinski definition) is 5. The Balaban J connectivity index is 0.00000441. The van der Waals surface area contributed by atoms with Crippen LogP contribution in [0, 0.1) is 0 Å². The number of rotatable bonds is 9. The predicted molar refractivity (Wildman–Crippen MR) is 89.1 cm³/mol. The zero-order valence-corrected chi connectivity index (χ0v) is 14.1. The Morgan fingerprint density at radius 1 is 1.27 bits per heavy atom. The maximum absolute atomic E-state index is 11.9. The van der Waals surface area contributed by atoms with Gasteiger partial charge in [-0.3, -0.25) is 4.79 Å². The van der Waals surface area contributed by atoms with Crippen molar-refractivity contribution in [3.8, 4) is 11.5 Å². The average molecular weight is 333 g/mol. The van der Waals surface area contributed by atoms with Crippen molar-refractivity contribution in [3.63, 3.8) is 0 Å². The Morgan fingerprint density at radius 2 is 2.00 bits per heavy atom. The van der Waals surface area contributed by atoms with E-state index in [-0.39, 0.29) is 18.3 Å². The van der Waals surface area contributed by atoms with Gasteiger partial charge in [-0.15, -0.1) is 12.4 Å². The molecule has 0 bridgehead atoms. The normalized spacial score (nSPS) is 11.3. The molecule has 22 heavy (non-hydrogen) atoms. The number of carbonyl (C=O) groups is 1. The molecule has 0 aliphatic carbocycles. The number of anilines is 1. The van der Waals surface area contributed by atoms with Crippen molar-refractivity contribution in [3.05, 3.63) is 18.2 Å². The first-order chi connectivity index (χ1) is 10.1. The number of amides is 1. The molecular formula is C15H25ClN2O4. The molecule has 1 atom stereocenters. The predicted octanol–water partition coefficient (Wildman–Crippen LogP) is 2.21. The Kier molecular flexibility index (Phi) is 10.4. The van der Waals surface area contributed by atoms with Gasteiger partial charge in [0.1, 0.15) is 6.61 Å². The minimum absolute atomic E-state index is 0. The third kappa shape index (κ3) is 6.51. The van der Waals surface area contributed by atoms with Crippen molar-refractivity contribution < 1.29 is 19.0 Å². The topological polar surface area (TPSA) is 82.8 Å². The van der Waals surface area contributed by atoms with Crippen LogP contribution >= 0.6 is 12.4 Å². The van der Waals surface area contributed by atoms with Crippen LogP contribution in [0.15, 0.2) is 18.2 Å². The van der Waals surface area contributed by atoms with E-state index in [1.807, 2.05) is 6.92 Å². The standard InChI is InChI=1S/C15H24N2O4.ClH/c1-4-5-12(16)15(18)17-11-6-7-13(20-3)14(10-11)21-9-8-19-2;/h6-7,10,12H,4-5,8-9,16H2,1-3H3,(H,17,18);1H. The molecular weight excluding hydrogens is 308 g/mol. The van der Waals surface area contributed by atoms with Crippen LogP contribution in [0.4, 0.5) is 5.69 Å². The Bertz CT molecular complexity index is 457. The van der Waals surface area contributed by atoms with Crippen molar-refractivity contribution >= 4 is 24.0 Å². The molecule has 1 aromatic rings. The molecule has 6 nitrogen and oxygen atoms in total. The van der Waals surface area contributed by atoms with Gasteiger partial charge in [0.05, 0.1) is 19.8 Å². The zero-order valence-electron chi connectivity index (χ0n) is 13.3. The Labute approximate surface area is 137 Å². The minimum Gasteiger partial charge on any atom is -0.493 e. The quantitative estimate of drug-likeness (QED) is 0.677. The summed E-state index contributed by atoms with van der Waals surface area (Å²) in [7, 11) is 3.17. The second-order valence-corrected chi connectivity index (χ2v) is 4.59. The summed E-state index contributed by atoms with van der Waals surface area (Å²) in [6, 6.07) is 4.70. The lowest BCUT2D eigenvalue weighted by Crippen LogP contribution is -2.35. The highest BCUT2D eigenvalue weighted by Gasteiger charge is 2.13. The van der Waals surface area contributed by atoms with Gasteiger partial charge >= 0.3 is 0 Å². The first-order valence-corrected chi connectivity index (χ1v) is 6.98. The van der Waals surface area contributed by atoms with Crippen LogP contribution < -0.4 is 20.5 Å². The molecule has 0 heterocycles. The largest absolute Gasteiger partial charge is 0.493 e. The maximum atomic E-state index is 11.9. The number of halogens is 1. The molecule has 0 saturated carbocycles. The highest BCUT2D eigenvalue weighted by Crippen LogP contribution is 2.30. The number of hydrogen-bond donors (Lipinski definition) is 2. The molecule has 1 amide bonds. The van der Waals surface area contributed by atoms with Crippen LogP contribution in [0.25, 0.3) is 0 Å². The minimum atomic E-state index is -0.505. The first kappa shape index (κ1) is 20.5. The fourth-order valence-electron chi connectivity index (χ4n) is 1.78. The SMILES string of the molecule is CCCC(N)C(=O)Nc1ccc(OC)c(OCCOC)c1.Cl. The van der Waals surface area contributed by atoms with Crippen molar-refractivity contribution in [1.82, 2.24) is 0 Å². The lowest BCUT2D eigenvalue weighted by molar-refractivity contribution is -0.117. The number of ether oxygens (including phenoxy) is 3. The molecule has 0 aromatic heterocycles. The molecule has 0 aliphatic rings. The second kappa shape index (κ2) is 11.1. The van der Waals surface area contributed by atoms with Gasteiger partial charge in [0.15, 0.2) is 11.5 Å². The lowest BCUT2D eigenvalue weighted by atomic mass is 10.1. The van der Waals surface area contributed by atoms with Gasteiger partial charge in [-0.25, -0.2) is 0 Å². The highest BCUT2D eigenvalue weighted by molar-refractivity contribution is 5.94. The Hall–Kier alpha value is -1.50. The third-order valence-corrected chi connectivity index (χ3v) is 2.91. The molecule has 1 rings (SSSR count). The van der Waals surface area contributed by atoms with Crippen molar-refractivity contribution in [2.75, 3.05) is 32.8 Å². The summed E-state index contributed by atoms with van der Waals surface area (Å²) in [5.74, 6) is 0.947. The summed E-state index contributed by atoms with van der Waals surface area (Å²) in [5.41, 5.74) is 6.41. The van der Waals surface area contributed by atoms with Crippen molar-refractivity contribution in [2.45, 2.75) is 25.8 Å². The summed E-state index contributed by atoms with van der Waals surface area (Å²) in [5, 5.41) is 2.78. The number of nitrogens with two attached hydrogens (primary N) is 1. The van der Waals surface area contributed by atoms with Crippen molar-refractivity contribution in [1.29, 1.82) is 0 Å². The van der Waals surface area contributed by atoms with Gasteiger partial charge in [0.25, 0.3) is 0 Å². The van der Waals surface area contributed by atoms with Gasteiger partial charge in [-0.05, 0) is 18.6 Å². The summed E-state index contributed by atoms with van der Waals surface area (Å²) < 4.78 is 15.7. The summed E-state index contributed by atoms with van der Waals surface area (Å²) in [4.78, 5) is 11.9. The second-order valence-electron chi connectivity index (χ2n) is 4.59. The molecule has 1 aromatic carbocycles. The van der Waals surface area contributed by atoms with Gasteiger partial charge < -0.3 is 25.3 Å². The summed E-state index contributed by atoms with van der Waals surface area (Å²) in [6.45, 7) is 2.86. The van der Waals surface area contributed by atoms with E-state index in [0.29, 0.717) is 36.8 Å². The van der Waals surface area contributed by atoms with E-state index in [9.17, 15) is 4.79 Å². The van der Waals surface area contributed by atoms with Crippen LogP contribution in [-0.4, -0.2) is 39.4 Å². The van der Waals surface area contributed by atoms with Crippen LogP contribution in [-0.2, 0) is 9.53 Å². The van der Waals surface area contributed by atoms with Gasteiger partial charge in [0, 0.05) is 18.9 Å². The molecule has 0 spiro atoms. The fraction of sp³-hybridized carbons (Fsp3) is 0.533. The highest BCUT2D eigenvalue weighted by atomic mass is 35.5. The molecule has 126 valence electrons. The van der Waals surface area contributed by atoms with Crippen molar-refractivity contribution in [2.24, 2.45) is 5.73 Å². The van der Waals surface area contributed by atoms with Gasteiger partial charge in [0.2, 0.25) is 5.91 Å². The van der Waals surface area contributed by atoms with Crippen LogP contribution in [0.5, 0.6) is 11.5 Å². The molecule has 0 radical (unpaired) electrons. The molecule has 3 N–H and O–H groups in total. The molecule has 0 fully saturated rings. The Morgan fingerprint density at radius 3 is 2.59 bits per heavy atom. The maximum Gasteiger partial charge on any atom is 0.241 e. The van der Waals surface area contributed by atoms with Crippen LogP contribution in [0.2, 0.25) is 0 Å². The lowest BCUT2D eigenvalue weighted by Gasteiger charge is -2.14. The van der Waals surface area contributed by atoms with Gasteiger partial charge in [-0.2, -0.15) is 0 Å². The number of carbonyl (C=O) groups excluding carboxylic acids is 1. The molecule has 0 saturated heterocycles. The number of nitrogens with one attached hydrogen (secondary N) is 1. The first-order valence-electron chi connectivity index (χ1n) is 6.98. The molecule has 7 heteroatoms. The summed E-state index contributed by atoms with van der Waals surface area (Å²) in [6.07, 6.45) is 1.52. The monoisotopic (exact) mass is 332 g/mol. The van der Waals surface area contributed by atoms with E-state index >= 15 is 0 Å². The third-order valence-electron chi connectivity index (χ3n) is 2.91. The smallest absolute Gasteiger partial charge is 0.241 e. The molecule has 1 unspecified atom stereocenters. The average Bonchev–Trinajstić information content (AvgIpc) is 2.48. The van der Waals surface area contributed by atoms with E-state index in [1.54, 1.807) is 32.4 Å².